The molecule has 2 aromatic rings. The Labute approximate surface area is 116 Å². The fourth-order valence-corrected chi connectivity index (χ4v) is 1.98. The molecule has 1 N–H and O–H groups in total. The Bertz CT molecular complexity index is 574. The minimum absolute atomic E-state index is 0.0635. The van der Waals surface area contributed by atoms with Crippen molar-refractivity contribution in [3.63, 3.8) is 0 Å². The number of hydrogen-bond donors (Lipinski definition) is 1. The van der Waals surface area contributed by atoms with Crippen LogP contribution < -0.4 is 5.32 Å². The first-order chi connectivity index (χ1) is 9.08. The topological polar surface area (TPSA) is 37.8 Å². The summed E-state index contributed by atoms with van der Waals surface area (Å²) in [5, 5.41) is 3.60. The summed E-state index contributed by atoms with van der Waals surface area (Å²) in [7, 11) is 0. The average molecular weight is 280 g/mol. The molecule has 1 aromatic heterocycles. The highest BCUT2D eigenvalue weighted by Crippen LogP contribution is 2.20. The number of hydrogen-bond acceptors (Lipinski definition) is 3. The van der Waals surface area contributed by atoms with Crippen molar-refractivity contribution >= 4 is 17.4 Å². The summed E-state index contributed by atoms with van der Waals surface area (Å²) in [6.45, 7) is 3.90. The van der Waals surface area contributed by atoms with Crippen molar-refractivity contribution in [2.75, 3.05) is 5.32 Å². The zero-order valence-electron chi connectivity index (χ0n) is 10.8. The third kappa shape index (κ3) is 3.64. The molecule has 0 amide bonds. The van der Waals surface area contributed by atoms with Crippen molar-refractivity contribution in [1.82, 2.24) is 9.97 Å². The maximum Gasteiger partial charge on any atom is 0.134 e. The van der Waals surface area contributed by atoms with E-state index in [0.29, 0.717) is 23.2 Å². The van der Waals surface area contributed by atoms with Crippen molar-refractivity contribution in [3.8, 4) is 0 Å². The van der Waals surface area contributed by atoms with Crippen LogP contribution >= 0.6 is 11.6 Å². The molecule has 19 heavy (non-hydrogen) atoms. The number of aryl methyl sites for hydroxylation is 1. The Morgan fingerprint density at radius 3 is 2.79 bits per heavy atom. The van der Waals surface area contributed by atoms with E-state index in [1.54, 1.807) is 12.1 Å². The van der Waals surface area contributed by atoms with Crippen LogP contribution in [0.5, 0.6) is 0 Å². The van der Waals surface area contributed by atoms with Crippen molar-refractivity contribution < 1.29 is 4.39 Å². The predicted octanol–water partition coefficient (Wildman–Crippen LogP) is 4.00. The Morgan fingerprint density at radius 2 is 2.11 bits per heavy atom. The van der Waals surface area contributed by atoms with E-state index in [9.17, 15) is 4.39 Å². The van der Waals surface area contributed by atoms with Crippen molar-refractivity contribution in [1.29, 1.82) is 0 Å². The Morgan fingerprint density at radius 1 is 1.32 bits per heavy atom. The fraction of sp³-hybridized carbons (Fsp3) is 0.286. The second-order valence-electron chi connectivity index (χ2n) is 4.27. The lowest BCUT2D eigenvalue weighted by Crippen LogP contribution is -2.09. The number of rotatable bonds is 4. The lowest BCUT2D eigenvalue weighted by atomic mass is 10.1. The van der Waals surface area contributed by atoms with Crippen LogP contribution in [0.2, 0.25) is 5.15 Å². The summed E-state index contributed by atoms with van der Waals surface area (Å²) in [6, 6.07) is 8.08. The SMILES string of the molecule is CCc1nc(Cl)cc(NC(C)c2cccc(F)c2)n1. The number of aromatic nitrogens is 2. The van der Waals surface area contributed by atoms with Gasteiger partial charge >= 0.3 is 0 Å². The van der Waals surface area contributed by atoms with Gasteiger partial charge in [0.2, 0.25) is 0 Å². The van der Waals surface area contributed by atoms with Gasteiger partial charge in [0.25, 0.3) is 0 Å². The van der Waals surface area contributed by atoms with E-state index in [0.717, 1.165) is 5.56 Å². The summed E-state index contributed by atoms with van der Waals surface area (Å²) < 4.78 is 13.2. The molecule has 1 heterocycles. The molecule has 0 saturated heterocycles. The summed E-state index contributed by atoms with van der Waals surface area (Å²) in [6.07, 6.45) is 0.712. The first-order valence-corrected chi connectivity index (χ1v) is 6.51. The lowest BCUT2D eigenvalue weighted by molar-refractivity contribution is 0.623. The fourth-order valence-electron chi connectivity index (χ4n) is 1.78. The normalized spacial score (nSPS) is 12.2. The summed E-state index contributed by atoms with van der Waals surface area (Å²) in [5.74, 6) is 1.08. The summed E-state index contributed by atoms with van der Waals surface area (Å²) in [4.78, 5) is 8.44. The molecule has 3 nitrogen and oxygen atoms in total. The summed E-state index contributed by atoms with van der Waals surface area (Å²) >= 11 is 5.93. The molecular weight excluding hydrogens is 265 g/mol. The molecule has 0 aliphatic rings. The van der Waals surface area contributed by atoms with Crippen LogP contribution in [-0.2, 0) is 6.42 Å². The molecule has 1 atom stereocenters. The van der Waals surface area contributed by atoms with Crippen LogP contribution in [0, 0.1) is 5.82 Å². The van der Waals surface area contributed by atoms with Gasteiger partial charge in [-0.3, -0.25) is 0 Å². The van der Waals surface area contributed by atoms with Crippen LogP contribution in [0.1, 0.15) is 31.3 Å². The van der Waals surface area contributed by atoms with E-state index in [-0.39, 0.29) is 11.9 Å². The van der Waals surface area contributed by atoms with Gasteiger partial charge < -0.3 is 5.32 Å². The summed E-state index contributed by atoms with van der Waals surface area (Å²) in [5.41, 5.74) is 0.854. The van der Waals surface area contributed by atoms with Gasteiger partial charge in [0.1, 0.15) is 22.6 Å². The molecule has 5 heteroatoms. The third-order valence-electron chi connectivity index (χ3n) is 2.77. The first kappa shape index (κ1) is 13.7. The highest BCUT2D eigenvalue weighted by Gasteiger charge is 2.08. The minimum atomic E-state index is -0.249. The van der Waals surface area contributed by atoms with E-state index in [4.69, 9.17) is 11.6 Å². The number of anilines is 1. The molecule has 0 saturated carbocycles. The number of benzene rings is 1. The minimum Gasteiger partial charge on any atom is -0.363 e. The van der Waals surface area contributed by atoms with Crippen LogP contribution in [0.4, 0.5) is 10.2 Å². The Hall–Kier alpha value is -1.68. The molecule has 0 radical (unpaired) electrons. The maximum absolute atomic E-state index is 13.2. The zero-order chi connectivity index (χ0) is 13.8. The van der Waals surface area contributed by atoms with Gasteiger partial charge in [-0.25, -0.2) is 14.4 Å². The van der Waals surface area contributed by atoms with Crippen molar-refractivity contribution in [2.45, 2.75) is 26.3 Å². The molecule has 1 aromatic carbocycles. The van der Waals surface area contributed by atoms with E-state index in [2.05, 4.69) is 15.3 Å². The van der Waals surface area contributed by atoms with Gasteiger partial charge in [0, 0.05) is 12.5 Å². The van der Waals surface area contributed by atoms with Crippen molar-refractivity contribution in [3.05, 3.63) is 52.7 Å². The highest BCUT2D eigenvalue weighted by molar-refractivity contribution is 6.29. The molecule has 0 bridgehead atoms. The Kier molecular flexibility index (Phi) is 4.32. The molecule has 0 aliphatic heterocycles. The molecule has 2 rings (SSSR count). The molecule has 0 aliphatic carbocycles. The van der Waals surface area contributed by atoms with Crippen LogP contribution in [0.3, 0.4) is 0 Å². The molecular formula is C14H15ClFN3. The number of nitrogens with zero attached hydrogens (tertiary/aromatic N) is 2. The zero-order valence-corrected chi connectivity index (χ0v) is 11.6. The second-order valence-corrected chi connectivity index (χ2v) is 4.65. The maximum atomic E-state index is 13.2. The largest absolute Gasteiger partial charge is 0.363 e. The molecule has 1 unspecified atom stereocenters. The average Bonchev–Trinajstić information content (AvgIpc) is 2.38. The third-order valence-corrected chi connectivity index (χ3v) is 2.96. The van der Waals surface area contributed by atoms with E-state index in [1.165, 1.54) is 12.1 Å². The van der Waals surface area contributed by atoms with Gasteiger partial charge in [-0.2, -0.15) is 0 Å². The van der Waals surface area contributed by atoms with Gasteiger partial charge in [-0.15, -0.1) is 0 Å². The van der Waals surface area contributed by atoms with Crippen LogP contribution in [0.25, 0.3) is 0 Å². The Balaban J connectivity index is 2.18. The van der Waals surface area contributed by atoms with E-state index >= 15 is 0 Å². The second kappa shape index (κ2) is 5.97. The van der Waals surface area contributed by atoms with Gasteiger partial charge in [0.05, 0.1) is 6.04 Å². The quantitative estimate of drug-likeness (QED) is 0.860. The van der Waals surface area contributed by atoms with E-state index in [1.807, 2.05) is 19.9 Å². The van der Waals surface area contributed by atoms with Gasteiger partial charge in [0.15, 0.2) is 0 Å². The molecule has 100 valence electrons. The van der Waals surface area contributed by atoms with Crippen molar-refractivity contribution in [2.24, 2.45) is 0 Å². The van der Waals surface area contributed by atoms with Gasteiger partial charge in [-0.05, 0) is 24.6 Å². The number of nitrogens with one attached hydrogen (secondary N) is 1. The molecule has 0 fully saturated rings. The molecule has 0 spiro atoms. The number of halogens is 2. The smallest absolute Gasteiger partial charge is 0.134 e. The standard InChI is InChI=1S/C14H15ClFN3/c1-3-13-18-12(15)8-14(19-13)17-9(2)10-5-4-6-11(16)7-10/h4-9H,3H2,1-2H3,(H,17,18,19). The predicted molar refractivity (Wildman–Crippen MR) is 74.9 cm³/mol. The monoisotopic (exact) mass is 279 g/mol. The first-order valence-electron chi connectivity index (χ1n) is 6.14. The van der Waals surface area contributed by atoms with Gasteiger partial charge in [-0.1, -0.05) is 30.7 Å². The van der Waals surface area contributed by atoms with E-state index < -0.39 is 0 Å². The van der Waals surface area contributed by atoms with Crippen LogP contribution in [-0.4, -0.2) is 9.97 Å². The van der Waals surface area contributed by atoms with Crippen LogP contribution in [0.15, 0.2) is 30.3 Å². The highest BCUT2D eigenvalue weighted by atomic mass is 35.5. The lowest BCUT2D eigenvalue weighted by Gasteiger charge is -2.15.